The maximum absolute atomic E-state index is 13.0. The summed E-state index contributed by atoms with van der Waals surface area (Å²) in [6.45, 7) is 0.686. The van der Waals surface area contributed by atoms with Crippen LogP contribution in [0.15, 0.2) is 66.0 Å². The Hall–Kier alpha value is -3.56. The molecule has 0 bridgehead atoms. The van der Waals surface area contributed by atoms with E-state index in [1.165, 1.54) is 11.3 Å². The number of ether oxygens (including phenoxy) is 1. The molecule has 1 saturated carbocycles. The van der Waals surface area contributed by atoms with Crippen LogP contribution in [-0.2, 0) is 25.5 Å². The minimum Gasteiger partial charge on any atom is -0.383 e. The molecule has 1 aliphatic carbocycles. The summed E-state index contributed by atoms with van der Waals surface area (Å²) in [7, 11) is 1.58. The highest BCUT2D eigenvalue weighted by molar-refractivity contribution is 7.13. The van der Waals surface area contributed by atoms with Gasteiger partial charge in [0.1, 0.15) is 6.54 Å². The fraction of sp³-hybridized carbons (Fsp3) is 0.400. The van der Waals surface area contributed by atoms with E-state index >= 15 is 0 Å². The molecule has 1 aliphatic rings. The lowest BCUT2D eigenvalue weighted by molar-refractivity contribution is -0.139. The smallest absolute Gasteiger partial charge is 0.245 e. The first-order chi connectivity index (χ1) is 19.0. The van der Waals surface area contributed by atoms with Gasteiger partial charge in [0.2, 0.25) is 17.7 Å². The van der Waals surface area contributed by atoms with Crippen molar-refractivity contribution < 1.29 is 19.1 Å². The number of hydrogen-bond acceptors (Lipinski definition) is 6. The van der Waals surface area contributed by atoms with Crippen LogP contribution >= 0.6 is 11.3 Å². The molecule has 0 unspecified atom stereocenters. The maximum atomic E-state index is 13.0. The van der Waals surface area contributed by atoms with Gasteiger partial charge in [-0.15, -0.1) is 11.3 Å². The van der Waals surface area contributed by atoms with Crippen LogP contribution in [0.4, 0.5) is 5.13 Å². The van der Waals surface area contributed by atoms with Gasteiger partial charge < -0.3 is 20.3 Å². The lowest BCUT2D eigenvalue weighted by Gasteiger charge is -2.28. The summed E-state index contributed by atoms with van der Waals surface area (Å²) in [5.74, 6) is -0.484. The van der Waals surface area contributed by atoms with Gasteiger partial charge >= 0.3 is 0 Å². The van der Waals surface area contributed by atoms with Gasteiger partial charge in [-0.3, -0.25) is 14.4 Å². The average Bonchev–Trinajstić information content (AvgIpc) is 3.41. The summed E-state index contributed by atoms with van der Waals surface area (Å²) in [4.78, 5) is 44.9. The first kappa shape index (κ1) is 28.4. The van der Waals surface area contributed by atoms with Crippen molar-refractivity contribution in [1.82, 2.24) is 15.2 Å². The van der Waals surface area contributed by atoms with E-state index < -0.39 is 0 Å². The van der Waals surface area contributed by atoms with Gasteiger partial charge in [0.15, 0.2) is 5.13 Å². The van der Waals surface area contributed by atoms with Crippen molar-refractivity contribution in [3.8, 4) is 0 Å². The third-order valence-electron chi connectivity index (χ3n) is 6.88. The number of nitrogens with zero attached hydrogens (tertiary/aromatic N) is 2. The lowest BCUT2D eigenvalue weighted by atomic mass is 9.88. The molecule has 1 heterocycles. The largest absolute Gasteiger partial charge is 0.383 e. The zero-order valence-electron chi connectivity index (χ0n) is 22.3. The molecule has 2 aromatic carbocycles. The molecule has 2 N–H and O–H groups in total. The molecule has 9 heteroatoms. The monoisotopic (exact) mass is 548 g/mol. The molecule has 39 heavy (non-hydrogen) atoms. The fourth-order valence-corrected chi connectivity index (χ4v) is 5.61. The number of hydrogen-bond donors (Lipinski definition) is 2. The average molecular weight is 549 g/mol. The lowest BCUT2D eigenvalue weighted by Crippen LogP contribution is -2.43. The van der Waals surface area contributed by atoms with E-state index in [1.807, 2.05) is 60.7 Å². The minimum absolute atomic E-state index is 0.0183. The number of thiazole rings is 1. The molecule has 0 radical (unpaired) electrons. The molecule has 4 rings (SSSR count). The molecule has 1 aromatic heterocycles. The second kappa shape index (κ2) is 14.6. The Morgan fingerprint density at radius 1 is 0.974 bits per heavy atom. The van der Waals surface area contributed by atoms with Gasteiger partial charge in [-0.05, 0) is 24.0 Å². The van der Waals surface area contributed by atoms with Crippen LogP contribution in [0.1, 0.15) is 55.0 Å². The van der Waals surface area contributed by atoms with Gasteiger partial charge in [-0.2, -0.15) is 0 Å². The molecule has 3 amide bonds. The second-order valence-corrected chi connectivity index (χ2v) is 10.6. The van der Waals surface area contributed by atoms with Crippen molar-refractivity contribution in [2.75, 3.05) is 32.1 Å². The zero-order chi connectivity index (χ0) is 27.5. The first-order valence-electron chi connectivity index (χ1n) is 13.4. The van der Waals surface area contributed by atoms with Crippen LogP contribution < -0.4 is 10.6 Å². The number of carbonyl (C=O) groups is 3. The predicted molar refractivity (Wildman–Crippen MR) is 152 cm³/mol. The Morgan fingerprint density at radius 3 is 2.23 bits per heavy atom. The van der Waals surface area contributed by atoms with Crippen molar-refractivity contribution in [3.05, 3.63) is 82.9 Å². The van der Waals surface area contributed by atoms with E-state index in [1.54, 1.807) is 17.4 Å². The van der Waals surface area contributed by atoms with Gasteiger partial charge in [-0.25, -0.2) is 4.98 Å². The van der Waals surface area contributed by atoms with Crippen LogP contribution in [-0.4, -0.2) is 54.4 Å². The van der Waals surface area contributed by atoms with Crippen LogP contribution in [0.25, 0.3) is 0 Å². The number of aromatic nitrogens is 1. The molecule has 0 spiro atoms. The summed E-state index contributed by atoms with van der Waals surface area (Å²) in [6, 6.07) is 19.4. The third kappa shape index (κ3) is 8.46. The molecule has 0 saturated heterocycles. The topological polar surface area (TPSA) is 101 Å². The highest BCUT2D eigenvalue weighted by Crippen LogP contribution is 2.26. The number of nitrogens with one attached hydrogen (secondary N) is 2. The number of carbonyl (C=O) groups excluding carboxylic acids is 3. The summed E-state index contributed by atoms with van der Waals surface area (Å²) >= 11 is 1.26. The number of methoxy groups -OCH3 is 1. The van der Waals surface area contributed by atoms with E-state index in [-0.39, 0.29) is 42.6 Å². The molecule has 0 atom stereocenters. The number of benzene rings is 2. The molecule has 206 valence electrons. The summed E-state index contributed by atoms with van der Waals surface area (Å²) in [6.07, 6.45) is 5.09. The second-order valence-electron chi connectivity index (χ2n) is 9.78. The molecule has 8 nitrogen and oxygen atoms in total. The Balaban J connectivity index is 1.34. The van der Waals surface area contributed by atoms with Crippen molar-refractivity contribution >= 4 is 34.2 Å². The highest BCUT2D eigenvalue weighted by Gasteiger charge is 2.27. The SMILES string of the molecule is COCCN(CC(=O)Nc1nc(CC(=O)NC(c2ccccc2)c2ccccc2)cs1)C(=O)C1CCCCC1. The molecular formula is C30H36N4O4S. The van der Waals surface area contributed by atoms with E-state index in [2.05, 4.69) is 15.6 Å². The number of amides is 3. The molecular weight excluding hydrogens is 512 g/mol. The van der Waals surface area contributed by atoms with Crippen molar-refractivity contribution in [2.45, 2.75) is 44.6 Å². The van der Waals surface area contributed by atoms with Crippen molar-refractivity contribution in [1.29, 1.82) is 0 Å². The summed E-state index contributed by atoms with van der Waals surface area (Å²) in [5.41, 5.74) is 2.55. The Morgan fingerprint density at radius 2 is 1.62 bits per heavy atom. The first-order valence-corrected chi connectivity index (χ1v) is 14.3. The summed E-state index contributed by atoms with van der Waals surface area (Å²) < 4.78 is 5.16. The summed E-state index contributed by atoms with van der Waals surface area (Å²) in [5, 5.41) is 8.09. The predicted octanol–water partition coefficient (Wildman–Crippen LogP) is 4.59. The number of rotatable bonds is 12. The highest BCUT2D eigenvalue weighted by atomic mass is 32.1. The van der Waals surface area contributed by atoms with Crippen molar-refractivity contribution in [2.24, 2.45) is 5.92 Å². The normalized spacial score (nSPS) is 13.7. The van der Waals surface area contributed by atoms with Crippen LogP contribution in [0.2, 0.25) is 0 Å². The van der Waals surface area contributed by atoms with Crippen LogP contribution in [0.3, 0.4) is 0 Å². The van der Waals surface area contributed by atoms with Gasteiger partial charge in [-0.1, -0.05) is 79.9 Å². The molecule has 1 fully saturated rings. The van der Waals surface area contributed by atoms with E-state index in [0.29, 0.717) is 24.0 Å². The molecule has 0 aliphatic heterocycles. The van der Waals surface area contributed by atoms with E-state index in [0.717, 1.165) is 43.2 Å². The standard InChI is InChI=1S/C30H36N4O4S/c1-38-18-17-34(29(37)24-15-9-4-10-16-24)20-27(36)33-30-31-25(21-39-30)19-26(35)32-28(22-11-5-2-6-12-22)23-13-7-3-8-14-23/h2-3,5-8,11-14,21,24,28H,4,9-10,15-20H2,1H3,(H,32,35)(H,31,33,36). The van der Waals surface area contributed by atoms with Crippen LogP contribution in [0.5, 0.6) is 0 Å². The zero-order valence-corrected chi connectivity index (χ0v) is 23.1. The van der Waals surface area contributed by atoms with Gasteiger partial charge in [0, 0.05) is 25.0 Å². The Bertz CT molecular complexity index is 1170. The quantitative estimate of drug-likeness (QED) is 0.345. The maximum Gasteiger partial charge on any atom is 0.245 e. The third-order valence-corrected chi connectivity index (χ3v) is 7.68. The number of anilines is 1. The van der Waals surface area contributed by atoms with E-state index in [9.17, 15) is 14.4 Å². The van der Waals surface area contributed by atoms with Gasteiger partial charge in [0.05, 0.1) is 24.8 Å². The van der Waals surface area contributed by atoms with E-state index in [4.69, 9.17) is 4.74 Å². The Labute approximate surface area is 233 Å². The van der Waals surface area contributed by atoms with Crippen LogP contribution in [0, 0.1) is 5.92 Å². The Kier molecular flexibility index (Phi) is 10.6. The molecule has 3 aromatic rings. The van der Waals surface area contributed by atoms with Crippen molar-refractivity contribution in [3.63, 3.8) is 0 Å². The van der Waals surface area contributed by atoms with Gasteiger partial charge in [0.25, 0.3) is 0 Å². The minimum atomic E-state index is -0.311. The fourth-order valence-electron chi connectivity index (χ4n) is 4.88.